The van der Waals surface area contributed by atoms with Crippen LogP contribution < -0.4 is 5.32 Å². The van der Waals surface area contributed by atoms with Crippen LogP contribution in [0.3, 0.4) is 0 Å². The quantitative estimate of drug-likeness (QED) is 0.690. The Balaban J connectivity index is 0.000000424. The topological polar surface area (TPSA) is 29.1 Å². The van der Waals surface area contributed by atoms with Gasteiger partial charge in [-0.05, 0) is 26.9 Å². The molecule has 0 aromatic carbocycles. The Morgan fingerprint density at radius 3 is 2.31 bits per heavy atom. The van der Waals surface area contributed by atoms with Gasteiger partial charge in [0.2, 0.25) is 0 Å². The Hall–Kier alpha value is -0.310. The van der Waals surface area contributed by atoms with Crippen molar-refractivity contribution in [2.24, 2.45) is 0 Å². The van der Waals surface area contributed by atoms with E-state index in [-0.39, 0.29) is 0 Å². The third-order valence-corrected chi connectivity index (χ3v) is 2.11. The molecule has 74 valence electrons. The van der Waals surface area contributed by atoms with Gasteiger partial charge < -0.3 is 5.32 Å². The van der Waals surface area contributed by atoms with Crippen molar-refractivity contribution in [1.29, 1.82) is 0 Å². The second kappa shape index (κ2) is 7.13. The zero-order valence-corrected chi connectivity index (χ0v) is 9.24. The van der Waals surface area contributed by atoms with Crippen LogP contribution in [0.2, 0.25) is 0 Å². The normalized spacial score (nSPS) is 15.8. The Kier molecular flexibility index (Phi) is 6.96. The summed E-state index contributed by atoms with van der Waals surface area (Å²) in [6.45, 7) is 0. The zero-order chi connectivity index (χ0) is 10.3. The van der Waals surface area contributed by atoms with Gasteiger partial charge in [0.1, 0.15) is 0 Å². The molecule has 1 N–H and O–H groups in total. The highest BCUT2D eigenvalue weighted by atomic mass is 35.5. The van der Waals surface area contributed by atoms with Crippen LogP contribution in [-0.2, 0) is 4.79 Å². The van der Waals surface area contributed by atoms with Crippen LogP contribution in [0.4, 0.5) is 0 Å². The molecule has 0 saturated heterocycles. The number of allylic oxidation sites excluding steroid dienone is 4. The lowest BCUT2D eigenvalue weighted by Gasteiger charge is -2.07. The fourth-order valence-corrected chi connectivity index (χ4v) is 1.39. The molecular formula is C9H13Cl2NO. The molecule has 0 unspecified atom stereocenters. The van der Waals surface area contributed by atoms with Gasteiger partial charge in [-0.15, -0.1) is 0 Å². The highest BCUT2D eigenvalue weighted by Crippen LogP contribution is 2.28. The molecule has 0 aromatic heterocycles. The van der Waals surface area contributed by atoms with E-state index in [4.69, 9.17) is 23.2 Å². The summed E-state index contributed by atoms with van der Waals surface area (Å²) in [7, 11) is 3.75. The minimum Gasteiger partial charge on any atom is -0.323 e. The van der Waals surface area contributed by atoms with E-state index in [1.54, 1.807) is 6.08 Å². The smallest absolute Gasteiger partial charge is 0.152 e. The second-order valence-corrected chi connectivity index (χ2v) is 3.39. The van der Waals surface area contributed by atoms with Gasteiger partial charge in [-0.2, -0.15) is 0 Å². The number of carbonyl (C=O) groups is 1. The third kappa shape index (κ3) is 4.46. The minimum absolute atomic E-state index is 0.439. The van der Waals surface area contributed by atoms with Crippen molar-refractivity contribution in [2.75, 3.05) is 14.1 Å². The van der Waals surface area contributed by atoms with Crippen molar-refractivity contribution in [3.05, 3.63) is 21.7 Å². The van der Waals surface area contributed by atoms with E-state index in [0.717, 1.165) is 12.8 Å². The van der Waals surface area contributed by atoms with Crippen molar-refractivity contribution < 1.29 is 4.79 Å². The lowest BCUT2D eigenvalue weighted by atomic mass is 10.1. The Bertz CT molecular complexity index is 234. The number of hydrogen-bond donors (Lipinski definition) is 1. The molecule has 0 radical (unpaired) electrons. The highest BCUT2D eigenvalue weighted by molar-refractivity contribution is 6.38. The molecule has 0 bridgehead atoms. The molecule has 2 nitrogen and oxygen atoms in total. The van der Waals surface area contributed by atoms with Crippen LogP contribution in [0.5, 0.6) is 0 Å². The molecule has 1 rings (SSSR count). The molecule has 1 aliphatic carbocycles. The van der Waals surface area contributed by atoms with Gasteiger partial charge in [-0.25, -0.2) is 0 Å². The number of halogens is 2. The standard InChI is InChI=1S/C7H6Cl2O.C2H7N/c8-6-2-1-3-7(9)5(6)4-10;1-3-2/h2,4H,1,3H2;3H,1-2H3. The van der Waals surface area contributed by atoms with E-state index >= 15 is 0 Å². The first-order valence-corrected chi connectivity index (χ1v) is 4.71. The Morgan fingerprint density at radius 2 is 2.00 bits per heavy atom. The first-order chi connectivity index (χ1) is 6.17. The van der Waals surface area contributed by atoms with Gasteiger partial charge in [0.15, 0.2) is 6.29 Å². The van der Waals surface area contributed by atoms with E-state index in [1.165, 1.54) is 0 Å². The molecule has 0 heterocycles. The largest absolute Gasteiger partial charge is 0.323 e. The fraction of sp³-hybridized carbons (Fsp3) is 0.444. The van der Waals surface area contributed by atoms with E-state index in [0.29, 0.717) is 21.9 Å². The molecule has 1 aliphatic rings. The lowest BCUT2D eigenvalue weighted by molar-refractivity contribution is -0.104. The van der Waals surface area contributed by atoms with Crippen molar-refractivity contribution >= 4 is 29.5 Å². The molecule has 0 atom stereocenters. The Morgan fingerprint density at radius 1 is 1.46 bits per heavy atom. The average molecular weight is 222 g/mol. The highest BCUT2D eigenvalue weighted by Gasteiger charge is 2.11. The van der Waals surface area contributed by atoms with E-state index < -0.39 is 0 Å². The van der Waals surface area contributed by atoms with E-state index in [2.05, 4.69) is 5.32 Å². The SMILES string of the molecule is CNC.O=CC1=C(Cl)CCC=C1Cl. The number of aldehydes is 1. The summed E-state index contributed by atoms with van der Waals surface area (Å²) in [4.78, 5) is 10.3. The van der Waals surface area contributed by atoms with Crippen LogP contribution in [-0.4, -0.2) is 20.4 Å². The first-order valence-electron chi connectivity index (χ1n) is 3.95. The molecular weight excluding hydrogens is 209 g/mol. The number of hydrogen-bond acceptors (Lipinski definition) is 2. The molecule has 0 fully saturated rings. The summed E-state index contributed by atoms with van der Waals surface area (Å²) >= 11 is 11.4. The summed E-state index contributed by atoms with van der Waals surface area (Å²) in [5.41, 5.74) is 0.439. The van der Waals surface area contributed by atoms with Crippen molar-refractivity contribution in [3.63, 3.8) is 0 Å². The maximum absolute atomic E-state index is 10.3. The number of carbonyl (C=O) groups excluding carboxylic acids is 1. The van der Waals surface area contributed by atoms with Crippen molar-refractivity contribution in [1.82, 2.24) is 5.32 Å². The van der Waals surface area contributed by atoms with Gasteiger partial charge in [0.25, 0.3) is 0 Å². The maximum Gasteiger partial charge on any atom is 0.152 e. The summed E-state index contributed by atoms with van der Waals surface area (Å²) in [6.07, 6.45) is 4.05. The van der Waals surface area contributed by atoms with Gasteiger partial charge >= 0.3 is 0 Å². The number of nitrogens with one attached hydrogen (secondary N) is 1. The summed E-state index contributed by atoms with van der Waals surface area (Å²) in [5, 5.41) is 3.80. The molecule has 0 aromatic rings. The van der Waals surface area contributed by atoms with Crippen molar-refractivity contribution in [3.8, 4) is 0 Å². The molecule has 0 saturated carbocycles. The van der Waals surface area contributed by atoms with Gasteiger partial charge in [0.05, 0.1) is 0 Å². The number of rotatable bonds is 1. The summed E-state index contributed by atoms with van der Waals surface area (Å²) in [5.74, 6) is 0. The second-order valence-electron chi connectivity index (χ2n) is 2.53. The van der Waals surface area contributed by atoms with Crippen molar-refractivity contribution in [2.45, 2.75) is 12.8 Å². The summed E-state index contributed by atoms with van der Waals surface area (Å²) < 4.78 is 0. The first kappa shape index (κ1) is 12.7. The third-order valence-electron chi connectivity index (χ3n) is 1.35. The lowest BCUT2D eigenvalue weighted by Crippen LogP contribution is -1.94. The van der Waals surface area contributed by atoms with Crippen LogP contribution in [0.1, 0.15) is 12.8 Å². The van der Waals surface area contributed by atoms with Crippen LogP contribution >= 0.6 is 23.2 Å². The Labute approximate surface area is 88.6 Å². The van der Waals surface area contributed by atoms with E-state index in [9.17, 15) is 4.79 Å². The van der Waals surface area contributed by atoms with Crippen LogP contribution in [0.15, 0.2) is 21.7 Å². The maximum atomic E-state index is 10.3. The zero-order valence-electron chi connectivity index (χ0n) is 7.73. The molecule has 0 aliphatic heterocycles. The van der Waals surface area contributed by atoms with Gasteiger partial charge in [-0.1, -0.05) is 29.3 Å². The predicted molar refractivity (Wildman–Crippen MR) is 57.1 cm³/mol. The molecule has 0 amide bonds. The molecule has 13 heavy (non-hydrogen) atoms. The summed E-state index contributed by atoms with van der Waals surface area (Å²) in [6, 6.07) is 0. The monoisotopic (exact) mass is 221 g/mol. The van der Waals surface area contributed by atoms with Crippen LogP contribution in [0, 0.1) is 0 Å². The molecule has 0 spiro atoms. The minimum atomic E-state index is 0.439. The molecule has 4 heteroatoms. The average Bonchev–Trinajstić information content (AvgIpc) is 2.06. The van der Waals surface area contributed by atoms with Gasteiger partial charge in [-0.3, -0.25) is 4.79 Å². The fourth-order valence-electron chi connectivity index (χ4n) is 0.820. The van der Waals surface area contributed by atoms with Gasteiger partial charge in [0, 0.05) is 15.6 Å². The predicted octanol–water partition coefficient (Wildman–Crippen LogP) is 2.43. The van der Waals surface area contributed by atoms with E-state index in [1.807, 2.05) is 14.1 Å². The van der Waals surface area contributed by atoms with Crippen LogP contribution in [0.25, 0.3) is 0 Å².